The molecule has 0 unspecified atom stereocenters. The van der Waals surface area contributed by atoms with Crippen molar-refractivity contribution < 1.29 is 87.3 Å². The minimum atomic E-state index is -1.44. The third-order valence-corrected chi connectivity index (χ3v) is 10.1. The molecule has 23 nitrogen and oxygen atoms in total. The molecule has 0 aromatic rings. The zero-order chi connectivity index (χ0) is 50.6. The summed E-state index contributed by atoms with van der Waals surface area (Å²) in [5.41, 5.74) is 0. The molecule has 68 heavy (non-hydrogen) atoms. The Hall–Kier alpha value is -5.26. The van der Waals surface area contributed by atoms with Gasteiger partial charge in [-0.2, -0.15) is 0 Å². The second-order valence-electron chi connectivity index (χ2n) is 16.0. The summed E-state index contributed by atoms with van der Waals surface area (Å²) in [5.74, 6) is -7.46. The van der Waals surface area contributed by atoms with Crippen molar-refractivity contribution >= 4 is 59.7 Å². The largest absolute Gasteiger partial charge is 0.481 e. The molecule has 0 fully saturated rings. The molecule has 23 heteroatoms. The first-order chi connectivity index (χ1) is 32.7. The number of hydrogen-bond donors (Lipinski definition) is 9. The van der Waals surface area contributed by atoms with E-state index in [-0.39, 0.29) is 110 Å². The number of ether oxygens (including phenoxy) is 4. The first-order valence-corrected chi connectivity index (χ1v) is 23.6. The van der Waals surface area contributed by atoms with E-state index < -0.39 is 78.7 Å². The minimum absolute atomic E-state index is 0.0402. The summed E-state index contributed by atoms with van der Waals surface area (Å²) >= 11 is 0. The molecule has 0 saturated heterocycles. The van der Waals surface area contributed by atoms with Gasteiger partial charge in [-0.25, -0.2) is 9.59 Å². The number of carboxylic acids is 4. The van der Waals surface area contributed by atoms with E-state index in [9.17, 15) is 58.2 Å². The molecule has 0 aromatic heterocycles. The predicted octanol–water partition coefficient (Wildman–Crippen LogP) is 1.77. The third kappa shape index (κ3) is 39.9. The van der Waals surface area contributed by atoms with Crippen LogP contribution in [0.15, 0.2) is 0 Å². The van der Waals surface area contributed by atoms with Crippen molar-refractivity contribution in [1.82, 2.24) is 26.6 Å². The molecule has 5 amide bonds. The molecule has 9 N–H and O–H groups in total. The maximum Gasteiger partial charge on any atom is 0.326 e. The SMILES string of the molecule is O=[C]CC[C@H](NC(=O)[C@H](CCC(=O)O)NC(=O)COCCOCCNC(=O)COCCOCCNC(=O)CC[C@H](NC(=O)CCCCCCCCCCCCCCCCC(=O)O)C(=O)O)C(=O)O. The number of nitrogens with one attached hydrogen (secondary N) is 5. The summed E-state index contributed by atoms with van der Waals surface area (Å²) < 4.78 is 21.1. The number of carbonyl (C=O) groups excluding carboxylic acids is 6. The van der Waals surface area contributed by atoms with Gasteiger partial charge in [0.1, 0.15) is 31.3 Å². The van der Waals surface area contributed by atoms with Crippen molar-refractivity contribution in [3.63, 3.8) is 0 Å². The van der Waals surface area contributed by atoms with Crippen LogP contribution in [-0.4, -0.2) is 164 Å². The average molecular weight is 975 g/mol. The lowest BCUT2D eigenvalue weighted by Gasteiger charge is -2.20. The highest BCUT2D eigenvalue weighted by atomic mass is 16.5. The molecule has 0 heterocycles. The summed E-state index contributed by atoms with van der Waals surface area (Å²) in [7, 11) is 0. The van der Waals surface area contributed by atoms with Crippen LogP contribution in [0.5, 0.6) is 0 Å². The first-order valence-electron chi connectivity index (χ1n) is 23.6. The Morgan fingerprint density at radius 1 is 0.397 bits per heavy atom. The van der Waals surface area contributed by atoms with Crippen molar-refractivity contribution in [2.75, 3.05) is 65.9 Å². The Labute approximate surface area is 398 Å². The van der Waals surface area contributed by atoms with Gasteiger partial charge in [0.15, 0.2) is 6.29 Å². The third-order valence-electron chi connectivity index (χ3n) is 10.1. The van der Waals surface area contributed by atoms with Crippen LogP contribution in [-0.2, 0) is 66.9 Å². The van der Waals surface area contributed by atoms with Gasteiger partial charge in [0, 0.05) is 45.2 Å². The zero-order valence-corrected chi connectivity index (χ0v) is 39.4. The van der Waals surface area contributed by atoms with Gasteiger partial charge in [0.05, 0.1) is 39.6 Å². The number of amides is 5. The highest BCUT2D eigenvalue weighted by molar-refractivity contribution is 5.91. The molecule has 0 rings (SSSR count). The summed E-state index contributed by atoms with van der Waals surface area (Å²) in [6, 6.07) is -3.98. The fourth-order valence-corrected chi connectivity index (χ4v) is 6.42. The van der Waals surface area contributed by atoms with E-state index in [1.54, 1.807) is 0 Å². The Morgan fingerprint density at radius 2 is 0.809 bits per heavy atom. The topological polar surface area (TPSA) is 349 Å². The Kier molecular flexibility index (Phi) is 39.7. The zero-order valence-electron chi connectivity index (χ0n) is 39.4. The normalized spacial score (nSPS) is 12.2. The summed E-state index contributed by atoms with van der Waals surface area (Å²) in [4.78, 5) is 116. The standard InChI is InChI=1S/C45H76N5O18/c51-25-15-16-35(44(61)62)50-43(60)34(20-22-42(58)59)48-40(55)33-68-31-29-66-27-24-47-39(54)32-67-30-28-65-26-23-46-37(52)21-19-36(45(63)64)49-38(53)17-13-11-9-7-5-3-1-2-4-6-8-10-12-14-18-41(56)57/h34-36H,1-24,26-33H2,(H,46,52)(H,47,54)(H,48,55)(H,49,53)(H,50,60)(H,56,57)(H,58,59)(H,61,62)(H,63,64)/t34-,35-,36-/m0/s1. The molecule has 3 atom stereocenters. The van der Waals surface area contributed by atoms with Gasteiger partial charge in [-0.1, -0.05) is 77.0 Å². The highest BCUT2D eigenvalue weighted by Crippen LogP contribution is 2.14. The van der Waals surface area contributed by atoms with Crippen LogP contribution in [0.4, 0.5) is 0 Å². The fourth-order valence-electron chi connectivity index (χ4n) is 6.42. The molecule has 389 valence electrons. The number of hydrogen-bond acceptors (Lipinski definition) is 14. The monoisotopic (exact) mass is 975 g/mol. The number of rotatable bonds is 48. The van der Waals surface area contributed by atoms with E-state index in [1.807, 2.05) is 0 Å². The van der Waals surface area contributed by atoms with Gasteiger partial charge < -0.3 is 66.0 Å². The van der Waals surface area contributed by atoms with Gasteiger partial charge >= 0.3 is 23.9 Å². The Balaban J connectivity index is 3.91. The Morgan fingerprint density at radius 3 is 1.29 bits per heavy atom. The summed E-state index contributed by atoms with van der Waals surface area (Å²) in [5, 5.41) is 48.6. The molecule has 0 aliphatic carbocycles. The number of unbranched alkanes of at least 4 members (excludes halogenated alkanes) is 13. The minimum Gasteiger partial charge on any atom is -0.481 e. The average Bonchev–Trinajstić information content (AvgIpc) is 3.28. The van der Waals surface area contributed by atoms with Crippen LogP contribution in [0.3, 0.4) is 0 Å². The quantitative estimate of drug-likeness (QED) is 0.0392. The second kappa shape index (κ2) is 43.0. The van der Waals surface area contributed by atoms with Crippen LogP contribution in [0.25, 0.3) is 0 Å². The van der Waals surface area contributed by atoms with Crippen molar-refractivity contribution in [2.45, 2.75) is 159 Å². The molecular formula is C45H76N5O18. The molecule has 0 aliphatic rings. The van der Waals surface area contributed by atoms with E-state index in [1.165, 1.54) is 38.4 Å². The lowest BCUT2D eigenvalue weighted by Crippen LogP contribution is -2.52. The van der Waals surface area contributed by atoms with Crippen LogP contribution in [0.2, 0.25) is 0 Å². The van der Waals surface area contributed by atoms with E-state index >= 15 is 0 Å². The smallest absolute Gasteiger partial charge is 0.326 e. The van der Waals surface area contributed by atoms with E-state index in [0.29, 0.717) is 6.42 Å². The van der Waals surface area contributed by atoms with E-state index in [2.05, 4.69) is 26.6 Å². The number of aliphatic carboxylic acids is 4. The summed E-state index contributed by atoms with van der Waals surface area (Å²) in [6.07, 6.45) is 15.3. The first kappa shape index (κ1) is 62.7. The number of carbonyl (C=O) groups is 9. The fraction of sp³-hybridized carbons (Fsp3) is 0.778. The van der Waals surface area contributed by atoms with Crippen LogP contribution in [0, 0.1) is 0 Å². The highest BCUT2D eigenvalue weighted by Gasteiger charge is 2.27. The lowest BCUT2D eigenvalue weighted by molar-refractivity contribution is -0.143. The molecule has 0 bridgehead atoms. The van der Waals surface area contributed by atoms with Crippen molar-refractivity contribution in [2.24, 2.45) is 0 Å². The van der Waals surface area contributed by atoms with Gasteiger partial charge in [-0.05, 0) is 32.1 Å². The lowest BCUT2D eigenvalue weighted by atomic mass is 10.0. The molecule has 0 spiro atoms. The molecule has 0 aliphatic heterocycles. The van der Waals surface area contributed by atoms with Crippen molar-refractivity contribution in [3.8, 4) is 0 Å². The molecule has 1 radical (unpaired) electrons. The molecule has 0 saturated carbocycles. The van der Waals surface area contributed by atoms with Crippen molar-refractivity contribution in [1.29, 1.82) is 0 Å². The van der Waals surface area contributed by atoms with E-state index in [4.69, 9.17) is 29.2 Å². The van der Waals surface area contributed by atoms with Crippen molar-refractivity contribution in [3.05, 3.63) is 0 Å². The van der Waals surface area contributed by atoms with Crippen LogP contribution in [0.1, 0.15) is 141 Å². The van der Waals surface area contributed by atoms with Gasteiger partial charge in [-0.3, -0.25) is 38.4 Å². The maximum atomic E-state index is 12.6. The maximum absolute atomic E-state index is 12.6. The van der Waals surface area contributed by atoms with Crippen LogP contribution >= 0.6 is 0 Å². The van der Waals surface area contributed by atoms with Gasteiger partial charge in [0.2, 0.25) is 29.5 Å². The van der Waals surface area contributed by atoms with Crippen LogP contribution < -0.4 is 26.6 Å². The molecule has 0 aromatic carbocycles. The molecular weight excluding hydrogens is 899 g/mol. The second-order valence-corrected chi connectivity index (χ2v) is 16.0. The van der Waals surface area contributed by atoms with Gasteiger partial charge in [-0.15, -0.1) is 0 Å². The van der Waals surface area contributed by atoms with Gasteiger partial charge in [0.25, 0.3) is 0 Å². The summed E-state index contributed by atoms with van der Waals surface area (Å²) in [6.45, 7) is 0.0447. The predicted molar refractivity (Wildman–Crippen MR) is 243 cm³/mol. The van der Waals surface area contributed by atoms with E-state index in [0.717, 1.165) is 51.4 Å². The Bertz CT molecular complexity index is 1480. The number of carboxylic acid groups (broad SMARTS) is 4.